The number of carbonyl (C=O) groups is 2. The zero-order valence-electron chi connectivity index (χ0n) is 7.83. The average molecular weight is 200 g/mol. The molecule has 1 heterocycles. The van der Waals surface area contributed by atoms with Gasteiger partial charge in [0.2, 0.25) is 5.91 Å². The minimum atomic E-state index is -0.484. The number of nitrogens with zero attached hydrogens (tertiary/aromatic N) is 1. The Bertz CT molecular complexity index is 297. The van der Waals surface area contributed by atoms with Crippen LogP contribution >= 0.6 is 11.8 Å². The van der Waals surface area contributed by atoms with E-state index in [1.54, 1.807) is 0 Å². The Hall–Kier alpha value is -0.970. The van der Waals surface area contributed by atoms with E-state index in [0.29, 0.717) is 4.91 Å². The molecule has 1 rings (SSSR count). The number of thioether (sulfide) groups is 1. The van der Waals surface area contributed by atoms with Crippen LogP contribution in [0, 0.1) is 0 Å². The molecule has 0 aromatic carbocycles. The second-order valence-electron chi connectivity index (χ2n) is 3.30. The number of primary amides is 1. The summed E-state index contributed by atoms with van der Waals surface area (Å²) in [5.74, 6) is -0.574. The van der Waals surface area contributed by atoms with E-state index in [9.17, 15) is 9.59 Å². The van der Waals surface area contributed by atoms with E-state index in [2.05, 4.69) is 0 Å². The number of carbonyl (C=O) groups excluding carboxylic acids is 2. The number of amides is 2. The Kier molecular flexibility index (Phi) is 2.38. The van der Waals surface area contributed by atoms with Crippen LogP contribution in [0.25, 0.3) is 0 Å². The molecule has 0 aromatic rings. The third-order valence-electron chi connectivity index (χ3n) is 1.77. The van der Waals surface area contributed by atoms with Crippen molar-refractivity contribution < 1.29 is 9.59 Å². The van der Waals surface area contributed by atoms with Gasteiger partial charge in [0.05, 0.1) is 9.78 Å². The first-order valence-corrected chi connectivity index (χ1v) is 4.67. The van der Waals surface area contributed by atoms with Gasteiger partial charge in [-0.2, -0.15) is 0 Å². The molecule has 2 amide bonds. The second kappa shape index (κ2) is 3.06. The molecule has 1 aliphatic rings. The Labute approximate surface area is 81.1 Å². The minimum Gasteiger partial charge on any atom is -0.365 e. The van der Waals surface area contributed by atoms with Crippen molar-refractivity contribution in [3.63, 3.8) is 0 Å². The average Bonchev–Trinajstić information content (AvgIpc) is 2.25. The van der Waals surface area contributed by atoms with Crippen molar-refractivity contribution in [3.8, 4) is 0 Å². The highest BCUT2D eigenvalue weighted by atomic mass is 32.2. The molecule has 0 atom stereocenters. The molecular formula is C8H12N2O2S. The Morgan fingerprint density at radius 3 is 2.31 bits per heavy atom. The normalized spacial score (nSPS) is 19.9. The molecule has 0 spiro atoms. The third kappa shape index (κ3) is 1.85. The quantitative estimate of drug-likeness (QED) is 0.675. The van der Waals surface area contributed by atoms with Crippen molar-refractivity contribution in [2.45, 2.75) is 25.6 Å². The van der Waals surface area contributed by atoms with Gasteiger partial charge in [0.25, 0.3) is 5.91 Å². The largest absolute Gasteiger partial charge is 0.365 e. The first-order chi connectivity index (χ1) is 5.84. The summed E-state index contributed by atoms with van der Waals surface area (Å²) in [7, 11) is 0. The summed E-state index contributed by atoms with van der Waals surface area (Å²) in [5, 5.41) is 0. The van der Waals surface area contributed by atoms with Gasteiger partial charge in [-0.05, 0) is 13.8 Å². The predicted molar refractivity (Wildman–Crippen MR) is 51.5 cm³/mol. The van der Waals surface area contributed by atoms with Crippen LogP contribution in [0.3, 0.4) is 0 Å². The summed E-state index contributed by atoms with van der Waals surface area (Å²) in [5.41, 5.74) is 5.12. The first kappa shape index (κ1) is 10.1. The van der Waals surface area contributed by atoms with E-state index in [1.165, 1.54) is 29.8 Å². The van der Waals surface area contributed by atoms with Crippen LogP contribution in [0.2, 0.25) is 0 Å². The van der Waals surface area contributed by atoms with Crippen molar-refractivity contribution in [2.24, 2.45) is 5.73 Å². The molecule has 0 aliphatic carbocycles. The highest BCUT2D eigenvalue weighted by Gasteiger charge is 2.36. The highest BCUT2D eigenvalue weighted by molar-refractivity contribution is 8.05. The maximum Gasteiger partial charge on any atom is 0.256 e. The molecule has 4 nitrogen and oxygen atoms in total. The second-order valence-corrected chi connectivity index (χ2v) is 4.94. The van der Waals surface area contributed by atoms with Gasteiger partial charge in [-0.15, -0.1) is 0 Å². The lowest BCUT2D eigenvalue weighted by Gasteiger charge is -2.28. The Morgan fingerprint density at radius 1 is 1.54 bits per heavy atom. The molecule has 2 N–H and O–H groups in total. The first-order valence-electron chi connectivity index (χ1n) is 3.85. The van der Waals surface area contributed by atoms with Crippen LogP contribution in [0.15, 0.2) is 11.1 Å². The van der Waals surface area contributed by atoms with E-state index in [0.717, 1.165) is 0 Å². The highest BCUT2D eigenvalue weighted by Crippen LogP contribution is 2.41. The Morgan fingerprint density at radius 2 is 2.08 bits per heavy atom. The molecule has 1 aliphatic heterocycles. The van der Waals surface area contributed by atoms with E-state index in [4.69, 9.17) is 5.73 Å². The fourth-order valence-corrected chi connectivity index (χ4v) is 2.28. The summed E-state index contributed by atoms with van der Waals surface area (Å²) < 4.78 is 0. The lowest BCUT2D eigenvalue weighted by atomic mass is 10.3. The number of hydrogen-bond acceptors (Lipinski definition) is 3. The smallest absolute Gasteiger partial charge is 0.256 e. The fourth-order valence-electron chi connectivity index (χ4n) is 1.20. The van der Waals surface area contributed by atoms with Crippen LogP contribution in [-0.4, -0.2) is 21.6 Å². The molecule has 0 radical (unpaired) electrons. The van der Waals surface area contributed by atoms with Gasteiger partial charge >= 0.3 is 0 Å². The minimum absolute atomic E-state index is 0.0891. The van der Waals surface area contributed by atoms with Crippen molar-refractivity contribution >= 4 is 23.6 Å². The molecule has 72 valence electrons. The van der Waals surface area contributed by atoms with Gasteiger partial charge in [0, 0.05) is 13.1 Å². The van der Waals surface area contributed by atoms with Gasteiger partial charge < -0.3 is 10.6 Å². The van der Waals surface area contributed by atoms with Crippen LogP contribution < -0.4 is 5.73 Å². The maximum absolute atomic E-state index is 11.1. The molecule has 0 fully saturated rings. The van der Waals surface area contributed by atoms with Crippen molar-refractivity contribution in [1.29, 1.82) is 0 Å². The fraction of sp³-hybridized carbons (Fsp3) is 0.500. The SMILES string of the molecule is CC(=O)N1C=C(C(N)=O)SC1(C)C. The third-order valence-corrected chi connectivity index (χ3v) is 2.99. The summed E-state index contributed by atoms with van der Waals surface area (Å²) in [6, 6.07) is 0. The topological polar surface area (TPSA) is 63.4 Å². The summed E-state index contributed by atoms with van der Waals surface area (Å²) in [6.45, 7) is 5.19. The van der Waals surface area contributed by atoms with Crippen LogP contribution in [-0.2, 0) is 9.59 Å². The zero-order chi connectivity index (χ0) is 10.2. The van der Waals surface area contributed by atoms with Gasteiger partial charge in [0.1, 0.15) is 0 Å². The maximum atomic E-state index is 11.1. The summed E-state index contributed by atoms with van der Waals surface area (Å²) in [4.78, 5) is 23.5. The standard InChI is InChI=1S/C8H12N2O2S/c1-5(11)10-4-6(7(9)12)13-8(10,2)3/h4H,1-3H3,(H2,9,12). The van der Waals surface area contributed by atoms with Crippen molar-refractivity contribution in [3.05, 3.63) is 11.1 Å². The molecule has 0 unspecified atom stereocenters. The van der Waals surface area contributed by atoms with Gasteiger partial charge in [0.15, 0.2) is 0 Å². The van der Waals surface area contributed by atoms with Crippen LogP contribution in [0.1, 0.15) is 20.8 Å². The molecule has 0 saturated carbocycles. The van der Waals surface area contributed by atoms with E-state index >= 15 is 0 Å². The van der Waals surface area contributed by atoms with E-state index in [1.807, 2.05) is 13.8 Å². The van der Waals surface area contributed by atoms with Gasteiger partial charge in [-0.1, -0.05) is 11.8 Å². The Balaban J connectivity index is 2.95. The lowest BCUT2D eigenvalue weighted by Crippen LogP contribution is -2.37. The van der Waals surface area contributed by atoms with Gasteiger partial charge in [-0.25, -0.2) is 0 Å². The number of nitrogens with two attached hydrogens (primary N) is 1. The van der Waals surface area contributed by atoms with Crippen molar-refractivity contribution in [1.82, 2.24) is 4.90 Å². The van der Waals surface area contributed by atoms with Crippen LogP contribution in [0.4, 0.5) is 0 Å². The molecule has 5 heteroatoms. The summed E-state index contributed by atoms with van der Waals surface area (Å²) in [6.07, 6.45) is 1.51. The van der Waals surface area contributed by atoms with Crippen LogP contribution in [0.5, 0.6) is 0 Å². The van der Waals surface area contributed by atoms with Crippen molar-refractivity contribution in [2.75, 3.05) is 0 Å². The number of hydrogen-bond donors (Lipinski definition) is 1. The zero-order valence-corrected chi connectivity index (χ0v) is 8.64. The van der Waals surface area contributed by atoms with Gasteiger partial charge in [-0.3, -0.25) is 9.59 Å². The van der Waals surface area contributed by atoms with E-state index in [-0.39, 0.29) is 5.91 Å². The lowest BCUT2D eigenvalue weighted by molar-refractivity contribution is -0.128. The monoisotopic (exact) mass is 200 g/mol. The molecular weight excluding hydrogens is 188 g/mol. The molecule has 13 heavy (non-hydrogen) atoms. The number of rotatable bonds is 1. The molecule has 0 bridgehead atoms. The van der Waals surface area contributed by atoms with E-state index < -0.39 is 10.8 Å². The molecule has 0 saturated heterocycles. The summed E-state index contributed by atoms with van der Waals surface area (Å²) >= 11 is 1.30. The molecule has 0 aromatic heterocycles. The predicted octanol–water partition coefficient (Wildman–Crippen LogP) is 0.644.